The number of hydrogen-bond acceptors (Lipinski definition) is 8. The lowest BCUT2D eigenvalue weighted by molar-refractivity contribution is -0.132. The smallest absolute Gasteiger partial charge is 0.276 e. The molecule has 0 aliphatic carbocycles. The van der Waals surface area contributed by atoms with Gasteiger partial charge in [0, 0.05) is 48.9 Å². The summed E-state index contributed by atoms with van der Waals surface area (Å²) in [5, 5.41) is 14.6. The second-order valence-electron chi connectivity index (χ2n) is 8.98. The quantitative estimate of drug-likeness (QED) is 0.276. The fraction of sp³-hybridized carbons (Fsp3) is 0.296. The first kappa shape index (κ1) is 25.8. The van der Waals surface area contributed by atoms with Crippen LogP contribution in [0.5, 0.6) is 5.75 Å². The number of H-pyrrole nitrogens is 1. The molecule has 9 nitrogen and oxygen atoms in total. The number of likely N-dealkylation sites (tertiary alicyclic amines) is 1. The first-order valence-electron chi connectivity index (χ1n) is 12.3. The Morgan fingerprint density at radius 2 is 1.89 bits per heavy atom. The number of piperidine rings is 1. The van der Waals surface area contributed by atoms with Crippen LogP contribution in [0.3, 0.4) is 0 Å². The van der Waals surface area contributed by atoms with Gasteiger partial charge >= 0.3 is 0 Å². The standard InChI is InChI=1S/C27H27N5O4S2/c1-36-19-6-4-17(5-7-19)22(33)8-9-25(34)32-12-10-18(11-13-32)27-28-21(16-38-27)26(35)29-24-15-20(30-31-24)23-3-2-14-37-23/h2-7,14-16,18H,8-13H2,1H3,(H2,29,30,31,35). The zero-order valence-corrected chi connectivity index (χ0v) is 22.4. The minimum atomic E-state index is -0.300. The minimum absolute atomic E-state index is 0.00885. The van der Waals surface area contributed by atoms with Crippen LogP contribution < -0.4 is 10.1 Å². The number of anilines is 1. The average Bonchev–Trinajstić information content (AvgIpc) is 3.74. The molecule has 0 spiro atoms. The Morgan fingerprint density at radius 1 is 1.11 bits per heavy atom. The second kappa shape index (κ2) is 11.7. The maximum Gasteiger partial charge on any atom is 0.276 e. The van der Waals surface area contributed by atoms with Crippen molar-refractivity contribution in [3.63, 3.8) is 0 Å². The molecule has 4 aromatic rings. The summed E-state index contributed by atoms with van der Waals surface area (Å²) >= 11 is 3.06. The number of amides is 2. The molecule has 2 N–H and O–H groups in total. The lowest BCUT2D eigenvalue weighted by Gasteiger charge is -2.31. The Morgan fingerprint density at radius 3 is 2.61 bits per heavy atom. The molecule has 11 heteroatoms. The summed E-state index contributed by atoms with van der Waals surface area (Å²) in [5.74, 6) is 0.973. The summed E-state index contributed by atoms with van der Waals surface area (Å²) in [5.41, 5.74) is 1.79. The normalized spacial score (nSPS) is 13.9. The van der Waals surface area contributed by atoms with Gasteiger partial charge in [0.15, 0.2) is 11.6 Å². The molecule has 1 aliphatic rings. The molecular formula is C27H27N5O4S2. The lowest BCUT2D eigenvalue weighted by atomic mass is 9.97. The van der Waals surface area contributed by atoms with Gasteiger partial charge in [-0.25, -0.2) is 4.98 Å². The molecule has 1 fully saturated rings. The van der Waals surface area contributed by atoms with Gasteiger partial charge in [-0.3, -0.25) is 19.5 Å². The number of aromatic nitrogens is 3. The molecule has 0 radical (unpaired) electrons. The highest BCUT2D eigenvalue weighted by atomic mass is 32.1. The number of Topliss-reactive ketones (excluding diaryl/α,β-unsaturated/α-hetero) is 1. The van der Waals surface area contributed by atoms with Gasteiger partial charge in [0.05, 0.1) is 22.7 Å². The molecule has 2 amide bonds. The van der Waals surface area contributed by atoms with Gasteiger partial charge < -0.3 is 15.0 Å². The van der Waals surface area contributed by atoms with Crippen molar-refractivity contribution in [2.24, 2.45) is 0 Å². The van der Waals surface area contributed by atoms with Gasteiger partial charge in [-0.2, -0.15) is 5.10 Å². The van der Waals surface area contributed by atoms with E-state index in [1.165, 1.54) is 11.3 Å². The van der Waals surface area contributed by atoms with E-state index in [0.717, 1.165) is 28.4 Å². The molecule has 5 rings (SSSR count). The third kappa shape index (κ3) is 6.00. The Labute approximate surface area is 227 Å². The number of nitrogens with one attached hydrogen (secondary N) is 2. The highest BCUT2D eigenvalue weighted by Gasteiger charge is 2.27. The summed E-state index contributed by atoms with van der Waals surface area (Å²) in [4.78, 5) is 45.3. The molecule has 1 aromatic carbocycles. The molecule has 0 unspecified atom stereocenters. The van der Waals surface area contributed by atoms with Crippen LogP contribution in [0.4, 0.5) is 5.82 Å². The number of methoxy groups -OCH3 is 1. The predicted molar refractivity (Wildman–Crippen MR) is 147 cm³/mol. The minimum Gasteiger partial charge on any atom is -0.497 e. The van der Waals surface area contributed by atoms with Crippen molar-refractivity contribution in [2.45, 2.75) is 31.6 Å². The van der Waals surface area contributed by atoms with E-state index in [0.29, 0.717) is 35.9 Å². The van der Waals surface area contributed by atoms with Crippen LogP contribution in [0.15, 0.2) is 53.2 Å². The Kier molecular flexibility index (Phi) is 7.94. The number of carbonyl (C=O) groups is 3. The van der Waals surface area contributed by atoms with Crippen LogP contribution in [-0.4, -0.2) is 57.9 Å². The van der Waals surface area contributed by atoms with E-state index in [9.17, 15) is 14.4 Å². The summed E-state index contributed by atoms with van der Waals surface area (Å²) in [7, 11) is 1.58. The molecule has 4 heterocycles. The highest BCUT2D eigenvalue weighted by Crippen LogP contribution is 2.31. The maximum atomic E-state index is 12.7. The van der Waals surface area contributed by atoms with E-state index in [1.54, 1.807) is 54.2 Å². The highest BCUT2D eigenvalue weighted by molar-refractivity contribution is 7.13. The van der Waals surface area contributed by atoms with Crippen molar-refractivity contribution in [3.05, 3.63) is 69.5 Å². The molecule has 38 heavy (non-hydrogen) atoms. The number of thiazole rings is 1. The number of ketones is 1. The van der Waals surface area contributed by atoms with Crippen molar-refractivity contribution in [2.75, 3.05) is 25.5 Å². The third-order valence-corrected chi connectivity index (χ3v) is 8.45. The van der Waals surface area contributed by atoms with E-state index in [-0.39, 0.29) is 36.4 Å². The van der Waals surface area contributed by atoms with E-state index in [2.05, 4.69) is 20.5 Å². The van der Waals surface area contributed by atoms with E-state index >= 15 is 0 Å². The summed E-state index contributed by atoms with van der Waals surface area (Å²) < 4.78 is 5.12. The molecular weight excluding hydrogens is 522 g/mol. The largest absolute Gasteiger partial charge is 0.497 e. The van der Waals surface area contributed by atoms with Crippen LogP contribution in [0.1, 0.15) is 57.5 Å². The fourth-order valence-electron chi connectivity index (χ4n) is 4.38. The summed E-state index contributed by atoms with van der Waals surface area (Å²) in [6.07, 6.45) is 1.92. The molecule has 1 aliphatic heterocycles. The van der Waals surface area contributed by atoms with Gasteiger partial charge in [-0.1, -0.05) is 6.07 Å². The summed E-state index contributed by atoms with van der Waals surface area (Å²) in [6, 6.07) is 12.7. The summed E-state index contributed by atoms with van der Waals surface area (Å²) in [6.45, 7) is 1.22. The van der Waals surface area contributed by atoms with Crippen LogP contribution >= 0.6 is 22.7 Å². The first-order valence-corrected chi connectivity index (χ1v) is 14.1. The van der Waals surface area contributed by atoms with Crippen molar-refractivity contribution in [1.82, 2.24) is 20.1 Å². The number of hydrogen-bond donors (Lipinski definition) is 2. The SMILES string of the molecule is COc1ccc(C(=O)CCC(=O)N2CCC(c3nc(C(=O)Nc4cc(-c5cccs5)[nH]n4)cs3)CC2)cc1. The monoisotopic (exact) mass is 549 g/mol. The third-order valence-electron chi connectivity index (χ3n) is 6.54. The predicted octanol–water partition coefficient (Wildman–Crippen LogP) is 5.22. The number of benzene rings is 1. The second-order valence-corrected chi connectivity index (χ2v) is 10.8. The zero-order valence-electron chi connectivity index (χ0n) is 20.8. The number of aromatic amines is 1. The molecule has 0 saturated carbocycles. The van der Waals surface area contributed by atoms with Gasteiger partial charge in [0.2, 0.25) is 5.91 Å². The average molecular weight is 550 g/mol. The van der Waals surface area contributed by atoms with Gasteiger partial charge in [-0.05, 0) is 48.6 Å². The molecule has 196 valence electrons. The van der Waals surface area contributed by atoms with Gasteiger partial charge in [0.25, 0.3) is 5.91 Å². The molecule has 0 atom stereocenters. The van der Waals surface area contributed by atoms with Crippen LogP contribution in [0.25, 0.3) is 10.6 Å². The van der Waals surface area contributed by atoms with Crippen molar-refractivity contribution in [1.29, 1.82) is 0 Å². The number of thiophene rings is 1. The number of nitrogens with zero attached hydrogens (tertiary/aromatic N) is 3. The van der Waals surface area contributed by atoms with Gasteiger partial charge in [-0.15, -0.1) is 22.7 Å². The van der Waals surface area contributed by atoms with E-state index in [4.69, 9.17) is 4.74 Å². The number of ether oxygens (including phenoxy) is 1. The van der Waals surface area contributed by atoms with Crippen molar-refractivity contribution >= 4 is 46.1 Å². The van der Waals surface area contributed by atoms with Gasteiger partial charge in [0.1, 0.15) is 11.4 Å². The Balaban J connectivity index is 1.09. The number of rotatable bonds is 9. The van der Waals surface area contributed by atoms with Crippen molar-refractivity contribution < 1.29 is 19.1 Å². The topological polar surface area (TPSA) is 117 Å². The van der Waals surface area contributed by atoms with E-state index in [1.807, 2.05) is 22.4 Å². The molecule has 1 saturated heterocycles. The van der Waals surface area contributed by atoms with E-state index < -0.39 is 0 Å². The maximum absolute atomic E-state index is 12.7. The zero-order chi connectivity index (χ0) is 26.5. The van der Waals surface area contributed by atoms with Crippen molar-refractivity contribution in [3.8, 4) is 16.3 Å². The molecule has 0 bridgehead atoms. The molecule has 3 aromatic heterocycles. The first-order chi connectivity index (χ1) is 18.5. The van der Waals surface area contributed by atoms with Crippen LogP contribution in [-0.2, 0) is 4.79 Å². The lowest BCUT2D eigenvalue weighted by Crippen LogP contribution is -2.38. The Hall–Kier alpha value is -3.83. The van der Waals surface area contributed by atoms with Crippen LogP contribution in [0, 0.1) is 0 Å². The number of carbonyl (C=O) groups excluding carboxylic acids is 3. The Bertz CT molecular complexity index is 1400. The van der Waals surface area contributed by atoms with Crippen LogP contribution in [0.2, 0.25) is 0 Å². The fourth-order valence-corrected chi connectivity index (χ4v) is 6.04.